The van der Waals surface area contributed by atoms with Crippen LogP contribution in [0.25, 0.3) is 11.0 Å². The van der Waals surface area contributed by atoms with E-state index in [1.165, 1.54) is 12.1 Å². The zero-order valence-corrected chi connectivity index (χ0v) is 16.0. The van der Waals surface area contributed by atoms with Crippen molar-refractivity contribution in [2.45, 2.75) is 44.2 Å². The highest BCUT2D eigenvalue weighted by Crippen LogP contribution is 2.40. The maximum Gasteiger partial charge on any atom is 0.252 e. The molecule has 1 aromatic carbocycles. The van der Waals surface area contributed by atoms with Crippen molar-refractivity contribution in [1.82, 2.24) is 9.55 Å². The second-order valence-electron chi connectivity index (χ2n) is 7.29. The summed E-state index contributed by atoms with van der Waals surface area (Å²) in [7, 11) is 0. The molecule has 28 heavy (non-hydrogen) atoms. The number of aliphatic hydroxyl groups is 1. The van der Waals surface area contributed by atoms with Gasteiger partial charge in [-0.1, -0.05) is 36.6 Å². The molecule has 0 bridgehead atoms. The van der Waals surface area contributed by atoms with E-state index in [-0.39, 0.29) is 11.7 Å². The largest absolute Gasteiger partial charge is 0.392 e. The van der Waals surface area contributed by atoms with Gasteiger partial charge in [-0.3, -0.25) is 9.78 Å². The van der Waals surface area contributed by atoms with Crippen LogP contribution in [0.1, 0.15) is 53.2 Å². The lowest BCUT2D eigenvalue weighted by Crippen LogP contribution is -2.27. The van der Waals surface area contributed by atoms with Gasteiger partial charge in [0.2, 0.25) is 0 Å². The molecule has 1 aliphatic carbocycles. The molecule has 0 radical (unpaired) electrons. The van der Waals surface area contributed by atoms with E-state index in [1.807, 2.05) is 4.57 Å². The number of carbonyl (C=O) groups is 1. The van der Waals surface area contributed by atoms with Gasteiger partial charge in [0.15, 0.2) is 0 Å². The molecule has 5 nitrogen and oxygen atoms in total. The Bertz CT molecular complexity index is 1030. The van der Waals surface area contributed by atoms with E-state index >= 15 is 0 Å². The van der Waals surface area contributed by atoms with Gasteiger partial charge in [-0.2, -0.15) is 0 Å². The summed E-state index contributed by atoms with van der Waals surface area (Å²) in [6.07, 6.45) is 4.29. The number of pyridine rings is 1. The van der Waals surface area contributed by atoms with Crippen LogP contribution in [0.5, 0.6) is 0 Å². The minimum Gasteiger partial charge on any atom is -0.392 e. The van der Waals surface area contributed by atoms with E-state index in [1.54, 1.807) is 24.4 Å². The fourth-order valence-electron chi connectivity index (χ4n) is 4.24. The maximum atomic E-state index is 13.3. The van der Waals surface area contributed by atoms with Gasteiger partial charge in [0.25, 0.3) is 5.91 Å². The normalized spacial score (nSPS) is 19.8. The molecule has 3 N–H and O–H groups in total. The molecule has 146 valence electrons. The predicted molar refractivity (Wildman–Crippen MR) is 106 cm³/mol. The summed E-state index contributed by atoms with van der Waals surface area (Å²) < 4.78 is 15.3. The zero-order valence-electron chi connectivity index (χ0n) is 15.2. The first-order chi connectivity index (χ1) is 13.5. The number of nitrogens with two attached hydrogens (primary N) is 1. The second-order valence-corrected chi connectivity index (χ2v) is 7.69. The molecular formula is C21H21ClFN3O2. The number of hydrogen-bond acceptors (Lipinski definition) is 3. The molecule has 4 rings (SSSR count). The van der Waals surface area contributed by atoms with Crippen molar-refractivity contribution in [3.8, 4) is 0 Å². The van der Waals surface area contributed by atoms with Gasteiger partial charge in [-0.15, -0.1) is 0 Å². The predicted octanol–water partition coefficient (Wildman–Crippen LogP) is 3.99. The molecule has 1 aliphatic rings. The van der Waals surface area contributed by atoms with E-state index in [2.05, 4.69) is 4.98 Å². The van der Waals surface area contributed by atoms with Crippen molar-refractivity contribution in [2.75, 3.05) is 0 Å². The van der Waals surface area contributed by atoms with Gasteiger partial charge in [-0.25, -0.2) is 4.39 Å². The standard InChI is InChI=1S/C21H21ClFN3O2/c22-15-9-10-25-18-17(21(24)28)19(14-3-1-2-4-16(14)27)26(20(15)18)11-12-5-7-13(23)8-6-12/h5-10,14,16,27H,1-4,11H2,(H2,24,28)/t14-,16+/m1/s1. The summed E-state index contributed by atoms with van der Waals surface area (Å²) in [4.78, 5) is 16.8. The highest BCUT2D eigenvalue weighted by atomic mass is 35.5. The van der Waals surface area contributed by atoms with Crippen molar-refractivity contribution in [1.29, 1.82) is 0 Å². The van der Waals surface area contributed by atoms with Gasteiger partial charge in [0, 0.05) is 24.4 Å². The number of aromatic nitrogens is 2. The van der Waals surface area contributed by atoms with E-state index in [0.29, 0.717) is 40.3 Å². The first-order valence-electron chi connectivity index (χ1n) is 9.36. The Kier molecular flexibility index (Phi) is 5.08. The molecule has 3 aromatic rings. The van der Waals surface area contributed by atoms with Crippen molar-refractivity contribution < 1.29 is 14.3 Å². The molecule has 2 heterocycles. The van der Waals surface area contributed by atoms with Crippen molar-refractivity contribution >= 4 is 28.5 Å². The number of benzene rings is 1. The van der Waals surface area contributed by atoms with Crippen LogP contribution in [-0.4, -0.2) is 26.7 Å². The Labute approximate surface area is 166 Å². The number of amides is 1. The molecule has 0 saturated heterocycles. The lowest BCUT2D eigenvalue weighted by molar-refractivity contribution is 0.0969. The van der Waals surface area contributed by atoms with Crippen molar-refractivity contribution in [3.63, 3.8) is 0 Å². The molecule has 7 heteroatoms. The second kappa shape index (κ2) is 7.53. The first-order valence-corrected chi connectivity index (χ1v) is 9.74. The Morgan fingerprint density at radius 1 is 1.25 bits per heavy atom. The van der Waals surface area contributed by atoms with E-state index in [9.17, 15) is 14.3 Å². The van der Waals surface area contributed by atoms with Crippen LogP contribution < -0.4 is 5.73 Å². The fourth-order valence-corrected chi connectivity index (χ4v) is 4.49. The third kappa shape index (κ3) is 3.27. The number of hydrogen-bond donors (Lipinski definition) is 2. The molecule has 2 aromatic heterocycles. The van der Waals surface area contributed by atoms with Crippen LogP contribution in [-0.2, 0) is 6.54 Å². The Balaban J connectivity index is 1.98. The number of halogens is 2. The molecular weight excluding hydrogens is 381 g/mol. The van der Waals surface area contributed by atoms with Crippen molar-refractivity contribution in [2.24, 2.45) is 5.73 Å². The number of primary amides is 1. The van der Waals surface area contributed by atoms with Crippen molar-refractivity contribution in [3.05, 3.63) is 64.2 Å². The Morgan fingerprint density at radius 3 is 2.64 bits per heavy atom. The van der Waals surface area contributed by atoms with E-state index < -0.39 is 12.0 Å². The summed E-state index contributed by atoms with van der Waals surface area (Å²) in [5.41, 5.74) is 8.61. The first kappa shape index (κ1) is 18.9. The maximum absolute atomic E-state index is 13.3. The molecule has 1 fully saturated rings. The van der Waals surface area contributed by atoms with Crippen LogP contribution in [0.2, 0.25) is 5.02 Å². The van der Waals surface area contributed by atoms with Crippen LogP contribution >= 0.6 is 11.6 Å². The minimum atomic E-state index is -0.592. The highest BCUT2D eigenvalue weighted by Gasteiger charge is 2.34. The van der Waals surface area contributed by atoms with Crippen LogP contribution in [0.3, 0.4) is 0 Å². The SMILES string of the molecule is NC(=O)c1c([C@@H]2CCCC[C@@H]2O)n(Cc2ccc(F)cc2)c2c(Cl)ccnc12. The summed E-state index contributed by atoms with van der Waals surface area (Å²) in [6.45, 7) is 0.369. The zero-order chi connectivity index (χ0) is 19.8. The summed E-state index contributed by atoms with van der Waals surface area (Å²) >= 11 is 6.48. The van der Waals surface area contributed by atoms with Crippen LogP contribution in [0, 0.1) is 5.82 Å². The quantitative estimate of drug-likeness (QED) is 0.693. The highest BCUT2D eigenvalue weighted by molar-refractivity contribution is 6.35. The molecule has 1 saturated carbocycles. The molecule has 1 amide bonds. The number of carbonyl (C=O) groups excluding carboxylic acids is 1. The number of fused-ring (bicyclic) bond motifs is 1. The summed E-state index contributed by atoms with van der Waals surface area (Å²) in [6, 6.07) is 7.83. The Hall–Kier alpha value is -2.44. The van der Waals surface area contributed by atoms with Crippen LogP contribution in [0.15, 0.2) is 36.5 Å². The summed E-state index contributed by atoms with van der Waals surface area (Å²) in [5, 5.41) is 11.1. The molecule has 0 spiro atoms. The molecule has 0 aliphatic heterocycles. The fraction of sp³-hybridized carbons (Fsp3) is 0.333. The van der Waals surface area contributed by atoms with Gasteiger partial charge >= 0.3 is 0 Å². The molecule has 0 unspecified atom stereocenters. The topological polar surface area (TPSA) is 81.1 Å². The van der Waals surface area contributed by atoms with Crippen LogP contribution in [0.4, 0.5) is 4.39 Å². The lowest BCUT2D eigenvalue weighted by atomic mass is 9.82. The van der Waals surface area contributed by atoms with Gasteiger partial charge in [0.1, 0.15) is 11.3 Å². The number of aliphatic hydroxyl groups excluding tert-OH is 1. The average molecular weight is 402 g/mol. The van der Waals surface area contributed by atoms with E-state index in [0.717, 1.165) is 24.8 Å². The summed E-state index contributed by atoms with van der Waals surface area (Å²) in [5.74, 6) is -1.14. The van der Waals surface area contributed by atoms with E-state index in [4.69, 9.17) is 17.3 Å². The smallest absolute Gasteiger partial charge is 0.252 e. The van der Waals surface area contributed by atoms with Gasteiger partial charge in [0.05, 0.1) is 22.2 Å². The third-order valence-corrected chi connectivity index (χ3v) is 5.81. The monoisotopic (exact) mass is 401 g/mol. The Morgan fingerprint density at radius 2 is 1.96 bits per heavy atom. The number of nitrogens with zero attached hydrogens (tertiary/aromatic N) is 2. The lowest BCUT2D eigenvalue weighted by Gasteiger charge is -2.29. The average Bonchev–Trinajstić information content (AvgIpc) is 2.99. The van der Waals surface area contributed by atoms with Gasteiger partial charge in [-0.05, 0) is 36.6 Å². The number of rotatable bonds is 4. The minimum absolute atomic E-state index is 0.234. The van der Waals surface area contributed by atoms with Gasteiger partial charge < -0.3 is 15.4 Å². The molecule has 2 atom stereocenters. The third-order valence-electron chi connectivity index (χ3n) is 5.51.